The van der Waals surface area contributed by atoms with Gasteiger partial charge in [-0.15, -0.1) is 35.3 Å². The first-order chi connectivity index (χ1) is 12.2. The summed E-state index contributed by atoms with van der Waals surface area (Å²) < 4.78 is 7.08. The molecule has 8 nitrogen and oxygen atoms in total. The normalized spacial score (nSPS) is 16.7. The topological polar surface area (TPSA) is 89.2 Å². The fraction of sp³-hybridized carbons (Fsp3) is 0.625. The first-order valence-corrected chi connectivity index (χ1v) is 9.35. The molecule has 3 heterocycles. The van der Waals surface area contributed by atoms with Gasteiger partial charge < -0.3 is 15.4 Å². The largest absolute Gasteiger partial charge is 0.377 e. The van der Waals surface area contributed by atoms with Crippen molar-refractivity contribution >= 4 is 41.3 Å². The second-order valence-electron chi connectivity index (χ2n) is 5.94. The number of aryl methyl sites for hydroxylation is 2. The number of nitrogens with zero attached hydrogens (tertiary/aromatic N) is 5. The van der Waals surface area contributed by atoms with E-state index in [1.165, 1.54) is 4.88 Å². The number of guanidine groups is 1. The second-order valence-corrected chi connectivity index (χ2v) is 7.14. The lowest BCUT2D eigenvalue weighted by Crippen LogP contribution is -2.46. The van der Waals surface area contributed by atoms with Gasteiger partial charge in [-0.3, -0.25) is 4.99 Å². The second kappa shape index (κ2) is 10.2. The highest BCUT2D eigenvalue weighted by Gasteiger charge is 2.22. The van der Waals surface area contributed by atoms with Crippen LogP contribution in [-0.4, -0.2) is 45.9 Å². The summed E-state index contributed by atoms with van der Waals surface area (Å²) in [4.78, 5) is 14.6. The predicted octanol–water partition coefficient (Wildman–Crippen LogP) is 1.74. The molecule has 0 saturated carbocycles. The van der Waals surface area contributed by atoms with Crippen molar-refractivity contribution in [3.8, 4) is 0 Å². The summed E-state index contributed by atoms with van der Waals surface area (Å²) in [5.41, 5.74) is 0. The molecule has 10 heteroatoms. The zero-order valence-corrected chi connectivity index (χ0v) is 18.5. The van der Waals surface area contributed by atoms with Gasteiger partial charge in [0.25, 0.3) is 0 Å². The number of halogens is 1. The Morgan fingerprint density at radius 1 is 1.50 bits per heavy atom. The van der Waals surface area contributed by atoms with Gasteiger partial charge in [0.2, 0.25) is 0 Å². The van der Waals surface area contributed by atoms with Crippen molar-refractivity contribution in [3.63, 3.8) is 0 Å². The van der Waals surface area contributed by atoms with E-state index in [9.17, 15) is 0 Å². The molecule has 0 aromatic carbocycles. The van der Waals surface area contributed by atoms with Crippen LogP contribution in [0.5, 0.6) is 0 Å². The minimum Gasteiger partial charge on any atom is -0.377 e. The van der Waals surface area contributed by atoms with Crippen LogP contribution in [0.1, 0.15) is 34.9 Å². The molecule has 0 amide bonds. The third kappa shape index (κ3) is 5.36. The van der Waals surface area contributed by atoms with Crippen LogP contribution in [-0.2, 0) is 37.3 Å². The summed E-state index contributed by atoms with van der Waals surface area (Å²) in [6, 6.07) is 0.276. The molecule has 2 aromatic rings. The van der Waals surface area contributed by atoms with Gasteiger partial charge in [0.1, 0.15) is 17.4 Å². The van der Waals surface area contributed by atoms with Gasteiger partial charge in [-0.2, -0.15) is 5.10 Å². The summed E-state index contributed by atoms with van der Waals surface area (Å²) in [6.07, 6.45) is 4.88. The lowest BCUT2D eigenvalue weighted by atomic mass is 10.1. The number of aromatic nitrogens is 4. The summed E-state index contributed by atoms with van der Waals surface area (Å²) in [6.45, 7) is 4.06. The van der Waals surface area contributed by atoms with E-state index in [-0.39, 0.29) is 30.0 Å². The molecule has 0 radical (unpaired) electrons. The minimum atomic E-state index is 0. The lowest BCUT2D eigenvalue weighted by molar-refractivity contribution is 0.177. The van der Waals surface area contributed by atoms with Crippen molar-refractivity contribution in [1.82, 2.24) is 30.4 Å². The molecule has 1 aliphatic heterocycles. The predicted molar refractivity (Wildman–Crippen MR) is 113 cm³/mol. The van der Waals surface area contributed by atoms with Crippen LogP contribution in [0.25, 0.3) is 0 Å². The molecule has 0 fully saturated rings. The highest BCUT2D eigenvalue weighted by atomic mass is 127. The van der Waals surface area contributed by atoms with Gasteiger partial charge in [-0.05, 0) is 12.8 Å². The molecule has 1 atom stereocenters. The number of fused-ring (bicyclic) bond motifs is 1. The number of thiazole rings is 1. The third-order valence-corrected chi connectivity index (χ3v) is 5.24. The van der Waals surface area contributed by atoms with Crippen molar-refractivity contribution in [2.24, 2.45) is 4.99 Å². The number of hydrogen-bond donors (Lipinski definition) is 2. The molecular weight excluding hydrogens is 465 g/mol. The van der Waals surface area contributed by atoms with Crippen LogP contribution in [0.15, 0.2) is 11.2 Å². The fourth-order valence-corrected chi connectivity index (χ4v) is 3.61. The van der Waals surface area contributed by atoms with Crippen LogP contribution in [0.4, 0.5) is 0 Å². The SMILES string of the molecule is CCc1cnc(CNC(=NC)NC2CCc3nc(COC)nn3C2)s1.I. The maximum absolute atomic E-state index is 5.11. The van der Waals surface area contributed by atoms with Crippen LogP contribution in [0.3, 0.4) is 0 Å². The molecule has 1 unspecified atom stereocenters. The number of rotatable bonds is 6. The van der Waals surface area contributed by atoms with Gasteiger partial charge in [-0.1, -0.05) is 6.92 Å². The average Bonchev–Trinajstić information content (AvgIpc) is 3.24. The van der Waals surface area contributed by atoms with Crippen molar-refractivity contribution < 1.29 is 4.74 Å². The Morgan fingerprint density at radius 3 is 3.04 bits per heavy atom. The molecule has 2 N–H and O–H groups in total. The van der Waals surface area contributed by atoms with E-state index >= 15 is 0 Å². The van der Waals surface area contributed by atoms with E-state index in [4.69, 9.17) is 4.74 Å². The summed E-state index contributed by atoms with van der Waals surface area (Å²) in [7, 11) is 3.45. The number of methoxy groups -OCH3 is 1. The zero-order valence-electron chi connectivity index (χ0n) is 15.4. The summed E-state index contributed by atoms with van der Waals surface area (Å²) >= 11 is 1.74. The molecule has 0 spiro atoms. The Hall–Kier alpha value is -1.27. The Kier molecular flexibility index (Phi) is 8.22. The Morgan fingerprint density at radius 2 is 2.35 bits per heavy atom. The smallest absolute Gasteiger partial charge is 0.191 e. The summed E-state index contributed by atoms with van der Waals surface area (Å²) in [5.74, 6) is 2.57. The van der Waals surface area contributed by atoms with Crippen LogP contribution < -0.4 is 10.6 Å². The highest BCUT2D eigenvalue weighted by molar-refractivity contribution is 14.0. The average molecular weight is 491 g/mol. The third-order valence-electron chi connectivity index (χ3n) is 4.10. The number of nitrogens with one attached hydrogen (secondary N) is 2. The van der Waals surface area contributed by atoms with Gasteiger partial charge in [0.05, 0.1) is 13.1 Å². The lowest BCUT2D eigenvalue weighted by Gasteiger charge is -2.25. The monoisotopic (exact) mass is 491 g/mol. The van der Waals surface area contributed by atoms with Crippen LogP contribution in [0, 0.1) is 0 Å². The molecule has 2 aromatic heterocycles. The van der Waals surface area contributed by atoms with Crippen molar-refractivity contribution in [3.05, 3.63) is 27.7 Å². The van der Waals surface area contributed by atoms with Crippen molar-refractivity contribution in [2.75, 3.05) is 14.2 Å². The van der Waals surface area contributed by atoms with Gasteiger partial charge in [0, 0.05) is 37.7 Å². The van der Waals surface area contributed by atoms with Crippen LogP contribution in [0.2, 0.25) is 0 Å². The van der Waals surface area contributed by atoms with E-state index in [1.54, 1.807) is 25.5 Å². The Balaban J connectivity index is 0.00000243. The Labute approximate surface area is 174 Å². The molecule has 3 rings (SSSR count). The van der Waals surface area contributed by atoms with E-state index in [2.05, 4.69) is 37.6 Å². The molecular formula is C16H26IN7OS. The summed E-state index contributed by atoms with van der Waals surface area (Å²) in [5, 5.41) is 12.4. The molecule has 144 valence electrons. The highest BCUT2D eigenvalue weighted by Crippen LogP contribution is 2.14. The Bertz CT molecular complexity index is 730. The quantitative estimate of drug-likeness (QED) is 0.364. The minimum absolute atomic E-state index is 0. The molecule has 0 saturated heterocycles. The molecule has 0 aliphatic carbocycles. The van der Waals surface area contributed by atoms with Crippen LogP contribution >= 0.6 is 35.3 Å². The van der Waals surface area contributed by atoms with E-state index in [0.717, 1.165) is 48.4 Å². The standard InChI is InChI=1S/C16H25N7OS.HI/c1-4-12-7-18-15(25-12)8-19-16(17-2)20-11-5-6-14-21-13(10-24-3)22-23(14)9-11;/h7,11H,4-6,8-10H2,1-3H3,(H2,17,19,20);1H. The maximum atomic E-state index is 5.11. The molecule has 0 bridgehead atoms. The van der Waals surface area contributed by atoms with Gasteiger partial charge >= 0.3 is 0 Å². The molecule has 26 heavy (non-hydrogen) atoms. The maximum Gasteiger partial charge on any atom is 0.191 e. The van der Waals surface area contributed by atoms with Crippen molar-refractivity contribution in [2.45, 2.75) is 51.9 Å². The van der Waals surface area contributed by atoms with Gasteiger partial charge in [0.15, 0.2) is 11.8 Å². The first-order valence-electron chi connectivity index (χ1n) is 8.54. The fourth-order valence-electron chi connectivity index (χ4n) is 2.81. The van der Waals surface area contributed by atoms with Crippen molar-refractivity contribution in [1.29, 1.82) is 0 Å². The zero-order chi connectivity index (χ0) is 17.6. The first kappa shape index (κ1) is 21.0. The number of hydrogen-bond acceptors (Lipinski definition) is 6. The van der Waals surface area contributed by atoms with E-state index < -0.39 is 0 Å². The number of ether oxygens (including phenoxy) is 1. The van der Waals surface area contributed by atoms with Gasteiger partial charge in [-0.25, -0.2) is 14.6 Å². The van der Waals surface area contributed by atoms with E-state index in [1.807, 2.05) is 10.9 Å². The molecule has 1 aliphatic rings. The number of aliphatic imine (C=N–C) groups is 1. The van der Waals surface area contributed by atoms with E-state index in [0.29, 0.717) is 13.2 Å².